The van der Waals surface area contributed by atoms with Gasteiger partial charge in [-0.2, -0.15) is 0 Å². The number of hydrogen-bond acceptors (Lipinski definition) is 11. The third kappa shape index (κ3) is 7.81. The highest BCUT2D eigenvalue weighted by molar-refractivity contribution is 8.56. The van der Waals surface area contributed by atoms with Gasteiger partial charge in [-0.25, -0.2) is 9.88 Å². The van der Waals surface area contributed by atoms with Crippen molar-refractivity contribution in [2.24, 2.45) is 0 Å². The second kappa shape index (κ2) is 12.3. The number of aromatic nitrogens is 2. The van der Waals surface area contributed by atoms with Crippen LogP contribution >= 0.6 is 18.1 Å². The van der Waals surface area contributed by atoms with Crippen LogP contribution in [0.4, 0.5) is 0 Å². The highest BCUT2D eigenvalue weighted by Gasteiger charge is 2.41. The summed E-state index contributed by atoms with van der Waals surface area (Å²) in [5, 5.41) is 4.84. The van der Waals surface area contributed by atoms with Gasteiger partial charge in [0, 0.05) is 32.2 Å². The van der Waals surface area contributed by atoms with Gasteiger partial charge < -0.3 is 24.1 Å². The molecule has 1 unspecified atom stereocenters. The number of nitrogens with one attached hydrogen (secondary N) is 3. The Balaban J connectivity index is 2.19. The van der Waals surface area contributed by atoms with E-state index in [4.69, 9.17) is 14.0 Å². The average molecular weight is 522 g/mol. The van der Waals surface area contributed by atoms with Crippen LogP contribution < -0.4 is 21.7 Å². The first kappa shape index (κ1) is 27.8. The maximum atomic E-state index is 13.2. The van der Waals surface area contributed by atoms with E-state index in [1.165, 1.54) is 27.1 Å². The molecule has 2 rings (SSSR count). The molecular weight excluding hydrogens is 495 g/mol. The number of ether oxygens (including phenoxy) is 3. The topological polar surface area (TPSA) is 184 Å². The summed E-state index contributed by atoms with van der Waals surface area (Å²) in [4.78, 5) is 60.7. The Labute approximate surface area is 198 Å². The molecule has 1 aromatic heterocycles. The van der Waals surface area contributed by atoms with Gasteiger partial charge in [0.2, 0.25) is 5.91 Å². The van der Waals surface area contributed by atoms with E-state index in [2.05, 4.69) is 20.1 Å². The molecule has 1 aliphatic heterocycles. The van der Waals surface area contributed by atoms with Gasteiger partial charge in [0.1, 0.15) is 25.0 Å². The first-order valence-corrected chi connectivity index (χ1v) is 13.3. The number of rotatable bonds is 11. The van der Waals surface area contributed by atoms with E-state index < -0.39 is 60.8 Å². The summed E-state index contributed by atoms with van der Waals surface area (Å²) in [5.74, 6) is -1.95. The Morgan fingerprint density at radius 3 is 2.68 bits per heavy atom. The summed E-state index contributed by atoms with van der Waals surface area (Å²) < 4.78 is 35.5. The molecule has 3 N–H and O–H groups in total. The summed E-state index contributed by atoms with van der Waals surface area (Å²) in [7, 11) is 2.57. The number of H-pyrrole nitrogens is 1. The van der Waals surface area contributed by atoms with Crippen LogP contribution in [0.5, 0.6) is 0 Å². The van der Waals surface area contributed by atoms with E-state index in [-0.39, 0.29) is 24.3 Å². The maximum Gasteiger partial charge on any atom is 0.330 e. The lowest BCUT2D eigenvalue weighted by Gasteiger charge is -2.23. The van der Waals surface area contributed by atoms with E-state index in [9.17, 15) is 28.5 Å². The van der Waals surface area contributed by atoms with Crippen LogP contribution in [0.1, 0.15) is 25.1 Å². The summed E-state index contributed by atoms with van der Waals surface area (Å²) >= 11 is 0.655. The zero-order valence-electron chi connectivity index (χ0n) is 19.0. The van der Waals surface area contributed by atoms with Gasteiger partial charge in [0.25, 0.3) is 5.56 Å². The van der Waals surface area contributed by atoms with E-state index >= 15 is 0 Å². The molecule has 2 heterocycles. The minimum Gasteiger partial charge on any atom is -0.468 e. The van der Waals surface area contributed by atoms with Gasteiger partial charge in [-0.15, -0.1) is 0 Å². The van der Waals surface area contributed by atoms with Crippen molar-refractivity contribution < 1.29 is 37.7 Å². The van der Waals surface area contributed by atoms with E-state index in [0.717, 1.165) is 11.7 Å². The predicted molar refractivity (Wildman–Crippen MR) is 120 cm³/mol. The van der Waals surface area contributed by atoms with Crippen LogP contribution in [0, 0.1) is 6.92 Å². The lowest BCUT2D eigenvalue weighted by atomic mass is 10.2. The quantitative estimate of drug-likeness (QED) is 0.249. The Bertz CT molecular complexity index is 1050. The van der Waals surface area contributed by atoms with Crippen molar-refractivity contribution >= 4 is 35.9 Å². The minimum atomic E-state index is -3.81. The van der Waals surface area contributed by atoms with Crippen molar-refractivity contribution in [3.8, 4) is 0 Å². The molecular formula is C18H27N4O10PS. The van der Waals surface area contributed by atoms with Gasteiger partial charge in [-0.1, -0.05) is 0 Å². The molecule has 0 spiro atoms. The summed E-state index contributed by atoms with van der Waals surface area (Å²) in [5.41, 5.74) is -0.981. The molecule has 1 saturated heterocycles. The second-order valence-electron chi connectivity index (χ2n) is 7.14. The average Bonchev–Trinajstić information content (AvgIpc) is 3.18. The number of aryl methyl sites for hydroxylation is 1. The minimum absolute atomic E-state index is 0.0598. The zero-order valence-corrected chi connectivity index (χ0v) is 20.7. The van der Waals surface area contributed by atoms with Crippen LogP contribution in [0.3, 0.4) is 0 Å². The fraction of sp³-hybridized carbons (Fsp3) is 0.611. The second-order valence-corrected chi connectivity index (χ2v) is 11.5. The largest absolute Gasteiger partial charge is 0.468 e. The Hall–Kier alpha value is -2.45. The Morgan fingerprint density at radius 1 is 1.35 bits per heavy atom. The molecule has 0 radical (unpaired) electrons. The molecule has 34 heavy (non-hydrogen) atoms. The summed E-state index contributed by atoms with van der Waals surface area (Å²) in [6.45, 7) is -1.91. The van der Waals surface area contributed by atoms with Crippen molar-refractivity contribution in [1.29, 1.82) is 0 Å². The highest BCUT2D eigenvalue weighted by atomic mass is 32.7. The molecule has 16 heteroatoms. The molecule has 0 aromatic carbocycles. The fourth-order valence-corrected chi connectivity index (χ4v) is 6.00. The molecule has 0 saturated carbocycles. The van der Waals surface area contributed by atoms with Crippen LogP contribution in [0.25, 0.3) is 0 Å². The molecule has 1 amide bonds. The van der Waals surface area contributed by atoms with Crippen molar-refractivity contribution in [2.45, 2.75) is 38.7 Å². The number of carbonyl (C=O) groups is 3. The van der Waals surface area contributed by atoms with Gasteiger partial charge in [0.15, 0.2) is 0 Å². The number of nitrogens with zero attached hydrogens (tertiary/aromatic N) is 1. The smallest absolute Gasteiger partial charge is 0.330 e. The third-order valence-electron chi connectivity index (χ3n) is 4.65. The highest BCUT2D eigenvalue weighted by Crippen LogP contribution is 2.56. The standard InChI is InChI=1S/C18H27N4O10PS/c1-10-7-22(18(27)21-17(10)26)15-5-12(31-11(2)23)13(32-15)8-30-33(28,20-6-16(25)29-4)34-9-14(24)19-3/h7,12-13,15H,5-6,8-9H2,1-4H3,(H,19,24)(H,20,28)(H,21,26,27)/t12-,13+,15+,33?/m0/s1. The maximum absolute atomic E-state index is 13.2. The van der Waals surface area contributed by atoms with Crippen LogP contribution in [0.2, 0.25) is 0 Å². The summed E-state index contributed by atoms with van der Waals surface area (Å²) in [6.07, 6.45) is -1.32. The van der Waals surface area contributed by atoms with Crippen molar-refractivity contribution in [3.05, 3.63) is 32.6 Å². The molecule has 1 aliphatic rings. The number of hydrogen-bond donors (Lipinski definition) is 3. The summed E-state index contributed by atoms with van der Waals surface area (Å²) in [6, 6.07) is 0. The lowest BCUT2D eigenvalue weighted by Crippen LogP contribution is -2.33. The molecule has 0 bridgehead atoms. The fourth-order valence-electron chi connectivity index (χ4n) is 2.91. The van der Waals surface area contributed by atoms with Gasteiger partial charge in [0.05, 0.1) is 19.5 Å². The van der Waals surface area contributed by atoms with E-state index in [1.54, 1.807) is 0 Å². The van der Waals surface area contributed by atoms with Crippen molar-refractivity contribution in [1.82, 2.24) is 20.0 Å². The number of carbonyl (C=O) groups excluding carboxylic acids is 3. The Morgan fingerprint density at radius 2 is 2.06 bits per heavy atom. The van der Waals surface area contributed by atoms with E-state index in [0.29, 0.717) is 11.4 Å². The molecule has 190 valence electrons. The SMILES string of the molecule is CNC(=O)CSP(=O)(NCC(=O)OC)OC[C@H]1O[C@@H](n2cc(C)c(=O)[nH]c2=O)C[C@@H]1OC(C)=O. The number of amides is 1. The first-order valence-electron chi connectivity index (χ1n) is 10.0. The van der Waals surface area contributed by atoms with Crippen LogP contribution in [-0.2, 0) is 37.7 Å². The molecule has 0 aliphatic carbocycles. The van der Waals surface area contributed by atoms with Crippen LogP contribution in [0.15, 0.2) is 15.8 Å². The third-order valence-corrected chi connectivity index (χ3v) is 8.53. The van der Waals surface area contributed by atoms with E-state index in [1.807, 2.05) is 0 Å². The number of esters is 2. The van der Waals surface area contributed by atoms with Crippen molar-refractivity contribution in [3.63, 3.8) is 0 Å². The van der Waals surface area contributed by atoms with Gasteiger partial charge in [-0.05, 0) is 18.3 Å². The predicted octanol–water partition coefficient (Wildman–Crippen LogP) is -0.569. The number of methoxy groups -OCH3 is 1. The van der Waals surface area contributed by atoms with Crippen molar-refractivity contribution in [2.75, 3.05) is 33.1 Å². The monoisotopic (exact) mass is 522 g/mol. The lowest BCUT2D eigenvalue weighted by molar-refractivity contribution is -0.150. The molecule has 1 fully saturated rings. The number of aromatic amines is 1. The van der Waals surface area contributed by atoms with Crippen LogP contribution in [-0.4, -0.2) is 72.7 Å². The zero-order chi connectivity index (χ0) is 25.5. The van der Waals surface area contributed by atoms with Gasteiger partial charge in [-0.3, -0.25) is 33.3 Å². The molecule has 1 aromatic rings. The molecule has 14 nitrogen and oxygen atoms in total. The normalized spacial score (nSPS) is 21.5. The molecule has 4 atom stereocenters. The Kier molecular flexibility index (Phi) is 10.1. The van der Waals surface area contributed by atoms with Gasteiger partial charge >= 0.3 is 24.3 Å². The first-order chi connectivity index (χ1) is 16.0.